The van der Waals surface area contributed by atoms with Crippen molar-refractivity contribution in [2.24, 2.45) is 5.41 Å². The van der Waals surface area contributed by atoms with Gasteiger partial charge in [0.25, 0.3) is 5.69 Å². The monoisotopic (exact) mass is 353 g/mol. The maximum Gasteiger partial charge on any atom is 0.269 e. The van der Waals surface area contributed by atoms with E-state index in [-0.39, 0.29) is 30.4 Å². The van der Waals surface area contributed by atoms with Crippen LogP contribution in [-0.2, 0) is 11.2 Å². The standard InChI is InChI=1S/C17H23N3O3.ClH/c21-16(13-14-2-1-3-15(12-14)20(22)23)19-10-6-17(7-11-19)4-8-18-9-5-17;/h1-3,12,18H,4-11,13H2;1H. The van der Waals surface area contributed by atoms with Gasteiger partial charge in [0.05, 0.1) is 11.3 Å². The van der Waals surface area contributed by atoms with Crippen LogP contribution in [0.5, 0.6) is 0 Å². The van der Waals surface area contributed by atoms with E-state index in [0.717, 1.165) is 39.0 Å². The van der Waals surface area contributed by atoms with Crippen molar-refractivity contribution in [3.8, 4) is 0 Å². The van der Waals surface area contributed by atoms with Gasteiger partial charge in [-0.15, -0.1) is 12.4 Å². The predicted octanol–water partition coefficient (Wildman–Crippen LogP) is 2.55. The molecule has 0 radical (unpaired) electrons. The van der Waals surface area contributed by atoms with Crippen molar-refractivity contribution >= 4 is 24.0 Å². The Balaban J connectivity index is 0.00000208. The molecule has 1 aromatic rings. The molecule has 0 saturated carbocycles. The smallest absolute Gasteiger partial charge is 0.269 e. The van der Waals surface area contributed by atoms with Crippen molar-refractivity contribution in [3.05, 3.63) is 39.9 Å². The Morgan fingerprint density at radius 1 is 1.21 bits per heavy atom. The number of hydrogen-bond acceptors (Lipinski definition) is 4. The lowest BCUT2D eigenvalue weighted by Crippen LogP contribution is -2.47. The molecule has 1 amide bonds. The molecule has 2 aliphatic heterocycles. The Labute approximate surface area is 148 Å². The van der Waals surface area contributed by atoms with Crippen molar-refractivity contribution < 1.29 is 9.72 Å². The second-order valence-electron chi connectivity index (χ2n) is 6.73. The number of nitrogens with one attached hydrogen (secondary N) is 1. The van der Waals surface area contributed by atoms with E-state index in [1.54, 1.807) is 12.1 Å². The lowest BCUT2D eigenvalue weighted by Gasteiger charge is -2.44. The molecule has 0 unspecified atom stereocenters. The van der Waals surface area contributed by atoms with Crippen LogP contribution in [0.4, 0.5) is 5.69 Å². The van der Waals surface area contributed by atoms with E-state index in [2.05, 4.69) is 5.32 Å². The van der Waals surface area contributed by atoms with E-state index < -0.39 is 4.92 Å². The summed E-state index contributed by atoms with van der Waals surface area (Å²) in [6.07, 6.45) is 4.82. The highest BCUT2D eigenvalue weighted by Gasteiger charge is 2.36. The molecule has 0 aromatic heterocycles. The number of benzene rings is 1. The summed E-state index contributed by atoms with van der Waals surface area (Å²) in [6, 6.07) is 6.37. The quantitative estimate of drug-likeness (QED) is 0.669. The molecule has 2 fully saturated rings. The topological polar surface area (TPSA) is 75.5 Å². The van der Waals surface area contributed by atoms with Gasteiger partial charge in [0.1, 0.15) is 0 Å². The Kier molecular flexibility index (Phi) is 6.18. The lowest BCUT2D eigenvalue weighted by atomic mass is 9.71. The average molecular weight is 354 g/mol. The summed E-state index contributed by atoms with van der Waals surface area (Å²) in [5.41, 5.74) is 1.18. The highest BCUT2D eigenvalue weighted by molar-refractivity contribution is 5.85. The van der Waals surface area contributed by atoms with E-state index in [0.29, 0.717) is 11.0 Å². The van der Waals surface area contributed by atoms with Crippen molar-refractivity contribution in [1.29, 1.82) is 0 Å². The number of nitro benzene ring substituents is 1. The van der Waals surface area contributed by atoms with Gasteiger partial charge in [-0.2, -0.15) is 0 Å². The molecule has 2 aliphatic rings. The fraction of sp³-hybridized carbons (Fsp3) is 0.588. The largest absolute Gasteiger partial charge is 0.342 e. The summed E-state index contributed by atoms with van der Waals surface area (Å²) in [7, 11) is 0. The summed E-state index contributed by atoms with van der Waals surface area (Å²) in [5, 5.41) is 14.2. The van der Waals surface area contributed by atoms with Gasteiger partial charge in [0.15, 0.2) is 0 Å². The summed E-state index contributed by atoms with van der Waals surface area (Å²) in [5.74, 6) is 0.0780. The number of rotatable bonds is 3. The van der Waals surface area contributed by atoms with Crippen molar-refractivity contribution in [3.63, 3.8) is 0 Å². The molecule has 1 spiro atoms. The first-order valence-electron chi connectivity index (χ1n) is 8.30. The molecule has 1 N–H and O–H groups in total. The Bertz CT molecular complexity index is 592. The minimum Gasteiger partial charge on any atom is -0.342 e. The number of amides is 1. The van der Waals surface area contributed by atoms with Crippen molar-refractivity contribution in [2.75, 3.05) is 26.2 Å². The maximum absolute atomic E-state index is 12.5. The van der Waals surface area contributed by atoms with Gasteiger partial charge in [-0.05, 0) is 49.8 Å². The molecule has 1 aromatic carbocycles. The molecular weight excluding hydrogens is 330 g/mol. The number of non-ortho nitro benzene ring substituents is 1. The number of halogens is 1. The first kappa shape index (κ1) is 18.7. The van der Waals surface area contributed by atoms with E-state index in [4.69, 9.17) is 0 Å². The first-order chi connectivity index (χ1) is 11.1. The Morgan fingerprint density at radius 2 is 1.88 bits per heavy atom. The van der Waals surface area contributed by atoms with Gasteiger partial charge < -0.3 is 10.2 Å². The second-order valence-corrected chi connectivity index (χ2v) is 6.73. The van der Waals surface area contributed by atoms with Crippen LogP contribution in [-0.4, -0.2) is 41.9 Å². The van der Waals surface area contributed by atoms with Crippen LogP contribution in [0.1, 0.15) is 31.2 Å². The first-order valence-corrected chi connectivity index (χ1v) is 8.30. The minimum absolute atomic E-state index is 0. The molecule has 2 saturated heterocycles. The molecule has 0 bridgehead atoms. The van der Waals surface area contributed by atoms with Crippen LogP contribution in [0.25, 0.3) is 0 Å². The molecule has 2 heterocycles. The van der Waals surface area contributed by atoms with Crippen LogP contribution >= 0.6 is 12.4 Å². The van der Waals surface area contributed by atoms with Gasteiger partial charge in [0, 0.05) is 25.2 Å². The molecule has 0 atom stereocenters. The van der Waals surface area contributed by atoms with Crippen LogP contribution in [0.2, 0.25) is 0 Å². The Hall–Kier alpha value is -1.66. The number of likely N-dealkylation sites (tertiary alicyclic amines) is 1. The van der Waals surface area contributed by atoms with Gasteiger partial charge in [-0.1, -0.05) is 12.1 Å². The van der Waals surface area contributed by atoms with Crippen LogP contribution in [0.15, 0.2) is 24.3 Å². The van der Waals surface area contributed by atoms with Crippen molar-refractivity contribution in [2.45, 2.75) is 32.1 Å². The molecular formula is C17H24ClN3O3. The van der Waals surface area contributed by atoms with Gasteiger partial charge in [0.2, 0.25) is 5.91 Å². The molecule has 24 heavy (non-hydrogen) atoms. The predicted molar refractivity (Wildman–Crippen MR) is 94.4 cm³/mol. The molecule has 0 aliphatic carbocycles. The second kappa shape index (κ2) is 7.94. The molecule has 7 heteroatoms. The van der Waals surface area contributed by atoms with Crippen molar-refractivity contribution in [1.82, 2.24) is 10.2 Å². The SMILES string of the molecule is Cl.O=C(Cc1cccc([N+](=O)[O-])c1)N1CCC2(CCNCC2)CC1. The van der Waals surface area contributed by atoms with Crippen LogP contribution in [0.3, 0.4) is 0 Å². The molecule has 132 valence electrons. The third kappa shape index (κ3) is 4.24. The van der Waals surface area contributed by atoms with Gasteiger partial charge >= 0.3 is 0 Å². The minimum atomic E-state index is -0.421. The third-order valence-corrected chi connectivity index (χ3v) is 5.32. The average Bonchev–Trinajstić information content (AvgIpc) is 2.56. The highest BCUT2D eigenvalue weighted by Crippen LogP contribution is 2.39. The number of carbonyl (C=O) groups excluding carboxylic acids is 1. The third-order valence-electron chi connectivity index (χ3n) is 5.32. The molecule has 6 nitrogen and oxygen atoms in total. The lowest BCUT2D eigenvalue weighted by molar-refractivity contribution is -0.384. The van der Waals surface area contributed by atoms with E-state index in [1.807, 2.05) is 4.90 Å². The number of nitrogens with zero attached hydrogens (tertiary/aromatic N) is 2. The summed E-state index contributed by atoms with van der Waals surface area (Å²) in [6.45, 7) is 3.80. The summed E-state index contributed by atoms with van der Waals surface area (Å²) < 4.78 is 0. The summed E-state index contributed by atoms with van der Waals surface area (Å²) >= 11 is 0. The number of carbonyl (C=O) groups is 1. The fourth-order valence-electron chi connectivity index (χ4n) is 3.75. The molecule has 3 rings (SSSR count). The zero-order valence-electron chi connectivity index (χ0n) is 13.7. The number of piperidine rings is 2. The van der Waals surface area contributed by atoms with E-state index in [1.165, 1.54) is 25.0 Å². The normalized spacial score (nSPS) is 19.6. The Morgan fingerprint density at radius 3 is 2.50 bits per heavy atom. The number of nitro groups is 1. The zero-order valence-corrected chi connectivity index (χ0v) is 14.5. The van der Waals surface area contributed by atoms with Crippen LogP contribution in [0, 0.1) is 15.5 Å². The van der Waals surface area contributed by atoms with E-state index in [9.17, 15) is 14.9 Å². The van der Waals surface area contributed by atoms with Gasteiger partial charge in [-0.3, -0.25) is 14.9 Å². The van der Waals surface area contributed by atoms with E-state index >= 15 is 0 Å². The zero-order chi connectivity index (χ0) is 16.3. The number of hydrogen-bond donors (Lipinski definition) is 1. The van der Waals surface area contributed by atoms with Gasteiger partial charge in [-0.25, -0.2) is 0 Å². The fourth-order valence-corrected chi connectivity index (χ4v) is 3.75. The maximum atomic E-state index is 12.5. The summed E-state index contributed by atoms with van der Waals surface area (Å²) in [4.78, 5) is 24.8. The van der Waals surface area contributed by atoms with Crippen LogP contribution < -0.4 is 5.32 Å². The highest BCUT2D eigenvalue weighted by atomic mass is 35.5.